The Morgan fingerprint density at radius 1 is 0.714 bits per heavy atom. The lowest BCUT2D eigenvalue weighted by Crippen LogP contribution is -2.07. The number of rotatable bonds is 6. The number of aromatic nitrogens is 6. The van der Waals surface area contributed by atoms with Gasteiger partial charge in [0.05, 0.1) is 0 Å². The van der Waals surface area contributed by atoms with E-state index in [1.807, 2.05) is 30.3 Å². The second kappa shape index (κ2) is 8.73. The lowest BCUT2D eigenvalue weighted by atomic mass is 10.3. The first-order valence-corrected chi connectivity index (χ1v) is 7.98. The summed E-state index contributed by atoms with van der Waals surface area (Å²) < 4.78 is 13.1. The topological polar surface area (TPSA) is 116 Å². The standard InChI is InChI=1S/C17H14FN9.ClH/c18-11-6-8-13(9-7-11)22-16-24-15(21-12-4-2-1-3-5-12)25-17(26-16)23-14-19-10-20-27-14;/h1-10H,(H4,19,20,21,22,23,24,25,26,27);1H. The smallest absolute Gasteiger partial charge is 0.236 e. The molecule has 4 rings (SSSR count). The molecular formula is C17H15ClFN9. The molecule has 0 atom stereocenters. The number of nitrogens with zero attached hydrogens (tertiary/aromatic N) is 5. The van der Waals surface area contributed by atoms with Crippen molar-refractivity contribution in [1.82, 2.24) is 30.1 Å². The Hall–Kier alpha value is -3.79. The third-order valence-corrected chi connectivity index (χ3v) is 3.41. The van der Waals surface area contributed by atoms with Gasteiger partial charge in [0.2, 0.25) is 23.8 Å². The molecule has 0 unspecified atom stereocenters. The van der Waals surface area contributed by atoms with Gasteiger partial charge in [0.25, 0.3) is 0 Å². The molecular weight excluding hydrogens is 385 g/mol. The van der Waals surface area contributed by atoms with Crippen molar-refractivity contribution in [2.75, 3.05) is 16.0 Å². The van der Waals surface area contributed by atoms with Crippen LogP contribution in [0.2, 0.25) is 0 Å². The summed E-state index contributed by atoms with van der Waals surface area (Å²) in [4.78, 5) is 17.0. The molecule has 2 heterocycles. The molecule has 28 heavy (non-hydrogen) atoms. The summed E-state index contributed by atoms with van der Waals surface area (Å²) in [5, 5.41) is 15.5. The molecule has 0 aliphatic carbocycles. The highest BCUT2D eigenvalue weighted by molar-refractivity contribution is 5.85. The second-order valence-electron chi connectivity index (χ2n) is 5.39. The van der Waals surface area contributed by atoms with Crippen LogP contribution in [0.15, 0.2) is 60.9 Å². The van der Waals surface area contributed by atoms with Crippen molar-refractivity contribution < 1.29 is 4.39 Å². The van der Waals surface area contributed by atoms with Gasteiger partial charge in [-0.3, -0.25) is 5.32 Å². The second-order valence-corrected chi connectivity index (χ2v) is 5.39. The number of para-hydroxylation sites is 1. The maximum absolute atomic E-state index is 13.1. The van der Waals surface area contributed by atoms with Gasteiger partial charge in [-0.25, -0.2) is 9.49 Å². The van der Waals surface area contributed by atoms with Crippen LogP contribution in [0, 0.1) is 5.82 Å². The zero-order valence-electron chi connectivity index (χ0n) is 14.3. The van der Waals surface area contributed by atoms with E-state index in [1.54, 1.807) is 12.1 Å². The Kier molecular flexibility index (Phi) is 5.92. The van der Waals surface area contributed by atoms with Gasteiger partial charge in [0, 0.05) is 11.4 Å². The van der Waals surface area contributed by atoms with Crippen molar-refractivity contribution in [3.8, 4) is 0 Å². The predicted octanol–water partition coefficient (Wildman–Crippen LogP) is 3.78. The summed E-state index contributed by atoms with van der Waals surface area (Å²) in [5.41, 5.74) is 1.46. The minimum atomic E-state index is -0.324. The van der Waals surface area contributed by atoms with Gasteiger partial charge < -0.3 is 10.6 Å². The fourth-order valence-corrected chi connectivity index (χ4v) is 2.23. The lowest BCUT2D eigenvalue weighted by Gasteiger charge is -2.10. The van der Waals surface area contributed by atoms with Gasteiger partial charge in [-0.1, -0.05) is 18.2 Å². The summed E-state index contributed by atoms with van der Waals surface area (Å²) in [6, 6.07) is 15.4. The van der Waals surface area contributed by atoms with Crippen molar-refractivity contribution in [2.24, 2.45) is 0 Å². The Morgan fingerprint density at radius 2 is 1.29 bits per heavy atom. The molecule has 0 spiro atoms. The van der Waals surface area contributed by atoms with E-state index < -0.39 is 0 Å². The van der Waals surface area contributed by atoms with Crippen LogP contribution in [-0.2, 0) is 0 Å². The summed E-state index contributed by atoms with van der Waals surface area (Å²) in [5.74, 6) is 0.916. The Morgan fingerprint density at radius 3 is 1.86 bits per heavy atom. The van der Waals surface area contributed by atoms with E-state index >= 15 is 0 Å². The van der Waals surface area contributed by atoms with Crippen molar-refractivity contribution >= 4 is 47.6 Å². The monoisotopic (exact) mass is 399 g/mol. The summed E-state index contributed by atoms with van der Waals surface area (Å²) >= 11 is 0. The molecule has 0 fully saturated rings. The minimum Gasteiger partial charge on any atom is -0.324 e. The number of nitrogens with one attached hydrogen (secondary N) is 4. The Labute approximate surface area is 165 Å². The van der Waals surface area contributed by atoms with Gasteiger partial charge in [0.15, 0.2) is 0 Å². The minimum absolute atomic E-state index is 0. The van der Waals surface area contributed by atoms with Crippen LogP contribution in [0.5, 0.6) is 0 Å². The number of aromatic amines is 1. The highest BCUT2D eigenvalue weighted by Crippen LogP contribution is 2.19. The molecule has 2 aromatic heterocycles. The van der Waals surface area contributed by atoms with Crippen LogP contribution >= 0.6 is 12.4 Å². The molecule has 0 bridgehead atoms. The van der Waals surface area contributed by atoms with E-state index in [0.717, 1.165) is 5.69 Å². The zero-order chi connectivity index (χ0) is 18.5. The first kappa shape index (κ1) is 19.0. The van der Waals surface area contributed by atoms with Crippen molar-refractivity contribution in [2.45, 2.75) is 0 Å². The van der Waals surface area contributed by atoms with Crippen LogP contribution in [-0.4, -0.2) is 30.1 Å². The van der Waals surface area contributed by atoms with E-state index in [-0.39, 0.29) is 30.1 Å². The van der Waals surface area contributed by atoms with E-state index in [4.69, 9.17) is 0 Å². The lowest BCUT2D eigenvalue weighted by molar-refractivity contribution is 0.628. The van der Waals surface area contributed by atoms with E-state index in [2.05, 4.69) is 46.1 Å². The van der Waals surface area contributed by atoms with E-state index in [9.17, 15) is 4.39 Å². The first-order valence-electron chi connectivity index (χ1n) is 7.98. The van der Waals surface area contributed by atoms with Crippen LogP contribution in [0.3, 0.4) is 0 Å². The molecule has 0 amide bonds. The van der Waals surface area contributed by atoms with E-state index in [1.165, 1.54) is 18.5 Å². The van der Waals surface area contributed by atoms with Crippen molar-refractivity contribution in [3.63, 3.8) is 0 Å². The van der Waals surface area contributed by atoms with Crippen molar-refractivity contribution in [3.05, 3.63) is 66.7 Å². The fraction of sp³-hybridized carbons (Fsp3) is 0. The van der Waals surface area contributed by atoms with Crippen LogP contribution in [0.1, 0.15) is 0 Å². The summed E-state index contributed by atoms with van der Waals surface area (Å²) in [6.45, 7) is 0. The predicted molar refractivity (Wildman–Crippen MR) is 106 cm³/mol. The summed E-state index contributed by atoms with van der Waals surface area (Å²) in [7, 11) is 0. The highest BCUT2D eigenvalue weighted by Gasteiger charge is 2.09. The SMILES string of the molecule is Cl.Fc1ccc(Nc2nc(Nc3ccccc3)nc(Nc3ncn[nH]3)n2)cc1. The molecule has 4 N–H and O–H groups in total. The third-order valence-electron chi connectivity index (χ3n) is 3.41. The molecule has 4 aromatic rings. The molecule has 0 radical (unpaired) electrons. The van der Waals surface area contributed by atoms with Gasteiger partial charge in [-0.15, -0.1) is 12.4 Å². The molecule has 0 aliphatic rings. The van der Waals surface area contributed by atoms with Gasteiger partial charge in [-0.05, 0) is 36.4 Å². The quantitative estimate of drug-likeness (QED) is 0.387. The average molecular weight is 400 g/mol. The van der Waals surface area contributed by atoms with Gasteiger partial charge >= 0.3 is 0 Å². The molecule has 2 aromatic carbocycles. The number of hydrogen-bond donors (Lipinski definition) is 4. The van der Waals surface area contributed by atoms with Crippen LogP contribution in [0.4, 0.5) is 39.6 Å². The summed E-state index contributed by atoms with van der Waals surface area (Å²) in [6.07, 6.45) is 1.37. The van der Waals surface area contributed by atoms with E-state index in [0.29, 0.717) is 17.6 Å². The average Bonchev–Trinajstić information content (AvgIpc) is 3.17. The molecule has 0 saturated heterocycles. The third kappa shape index (κ3) is 4.89. The van der Waals surface area contributed by atoms with Crippen LogP contribution < -0.4 is 16.0 Å². The molecule has 0 aliphatic heterocycles. The Bertz CT molecular complexity index is 1010. The number of H-pyrrole nitrogens is 1. The largest absolute Gasteiger partial charge is 0.324 e. The molecule has 9 nitrogen and oxygen atoms in total. The Balaban J connectivity index is 0.00000225. The zero-order valence-corrected chi connectivity index (χ0v) is 15.1. The fourth-order valence-electron chi connectivity index (χ4n) is 2.23. The van der Waals surface area contributed by atoms with Crippen molar-refractivity contribution in [1.29, 1.82) is 0 Å². The number of halogens is 2. The highest BCUT2D eigenvalue weighted by atomic mass is 35.5. The molecule has 0 saturated carbocycles. The maximum Gasteiger partial charge on any atom is 0.236 e. The van der Waals surface area contributed by atoms with Gasteiger partial charge in [0.1, 0.15) is 12.1 Å². The normalized spacial score (nSPS) is 10.0. The molecule has 142 valence electrons. The number of hydrogen-bond acceptors (Lipinski definition) is 8. The maximum atomic E-state index is 13.1. The number of benzene rings is 2. The first-order chi connectivity index (χ1) is 13.2. The number of anilines is 6. The molecule has 11 heteroatoms. The van der Waals surface area contributed by atoms with Gasteiger partial charge in [-0.2, -0.15) is 25.0 Å². The van der Waals surface area contributed by atoms with Crippen LogP contribution in [0.25, 0.3) is 0 Å².